The van der Waals surface area contributed by atoms with Gasteiger partial charge in [-0.05, 0) is 38.5 Å². The Morgan fingerprint density at radius 1 is 1.32 bits per heavy atom. The molecule has 138 valence electrons. The fraction of sp³-hybridized carbons (Fsp3) is 0.444. The average molecular weight is 474 g/mol. The van der Waals surface area contributed by atoms with Gasteiger partial charge in [0.2, 0.25) is 0 Å². The molecule has 0 aliphatic rings. The Hall–Kier alpha value is -1.35. The maximum absolute atomic E-state index is 5.91. The smallest absolute Gasteiger partial charge is 0.191 e. The first-order valence-electron chi connectivity index (χ1n) is 8.15. The highest BCUT2D eigenvalue weighted by molar-refractivity contribution is 14.0. The third-order valence-corrected chi connectivity index (χ3v) is 4.27. The number of aryl methyl sites for hydroxylation is 2. The van der Waals surface area contributed by atoms with Gasteiger partial charge in [0, 0.05) is 25.4 Å². The van der Waals surface area contributed by atoms with Crippen molar-refractivity contribution in [2.75, 3.05) is 20.1 Å². The van der Waals surface area contributed by atoms with E-state index in [0.717, 1.165) is 35.4 Å². The van der Waals surface area contributed by atoms with Gasteiger partial charge >= 0.3 is 0 Å². The van der Waals surface area contributed by atoms with Crippen molar-refractivity contribution in [1.29, 1.82) is 0 Å². The maximum Gasteiger partial charge on any atom is 0.191 e. The molecule has 25 heavy (non-hydrogen) atoms. The summed E-state index contributed by atoms with van der Waals surface area (Å²) in [5.41, 5.74) is 2.32. The lowest BCUT2D eigenvalue weighted by Gasteiger charge is -2.18. The third kappa shape index (κ3) is 8.04. The van der Waals surface area contributed by atoms with Gasteiger partial charge in [0.15, 0.2) is 5.96 Å². The standard InChI is InChI=1S/C18H26N4OS.HI/c1-13-6-5-7-17(10-13)23-14(2)11-21-18(19-4)20-9-8-16-12-24-15(3)22-16;/h5-7,10,12,14H,8-9,11H2,1-4H3,(H2,19,20,21);1H. The highest BCUT2D eigenvalue weighted by atomic mass is 127. The Kier molecular flexibility index (Phi) is 9.81. The number of rotatable bonds is 7. The molecule has 1 unspecified atom stereocenters. The molecule has 0 radical (unpaired) electrons. The van der Waals surface area contributed by atoms with E-state index in [-0.39, 0.29) is 30.1 Å². The molecule has 0 bridgehead atoms. The molecule has 0 spiro atoms. The van der Waals surface area contributed by atoms with Crippen LogP contribution in [0.3, 0.4) is 0 Å². The molecule has 0 saturated heterocycles. The van der Waals surface area contributed by atoms with Crippen LogP contribution >= 0.6 is 35.3 Å². The van der Waals surface area contributed by atoms with Crippen molar-refractivity contribution in [3.8, 4) is 5.75 Å². The second-order valence-electron chi connectivity index (χ2n) is 5.73. The van der Waals surface area contributed by atoms with E-state index in [1.165, 1.54) is 5.56 Å². The van der Waals surface area contributed by atoms with Gasteiger partial charge in [-0.15, -0.1) is 35.3 Å². The van der Waals surface area contributed by atoms with Gasteiger partial charge in [-0.2, -0.15) is 0 Å². The van der Waals surface area contributed by atoms with Crippen molar-refractivity contribution in [1.82, 2.24) is 15.6 Å². The van der Waals surface area contributed by atoms with Crippen LogP contribution in [0, 0.1) is 13.8 Å². The summed E-state index contributed by atoms with van der Waals surface area (Å²) < 4.78 is 5.91. The van der Waals surface area contributed by atoms with E-state index in [4.69, 9.17) is 4.74 Å². The summed E-state index contributed by atoms with van der Waals surface area (Å²) in [6.45, 7) is 7.61. The number of ether oxygens (including phenoxy) is 1. The van der Waals surface area contributed by atoms with Crippen molar-refractivity contribution in [3.63, 3.8) is 0 Å². The van der Waals surface area contributed by atoms with Gasteiger partial charge in [-0.25, -0.2) is 4.98 Å². The molecule has 2 rings (SSSR count). The largest absolute Gasteiger partial charge is 0.489 e. The second kappa shape index (κ2) is 11.3. The van der Waals surface area contributed by atoms with E-state index in [2.05, 4.69) is 39.0 Å². The van der Waals surface area contributed by atoms with E-state index < -0.39 is 0 Å². The van der Waals surface area contributed by atoms with Crippen molar-refractivity contribution < 1.29 is 4.74 Å². The van der Waals surface area contributed by atoms with Gasteiger partial charge in [-0.1, -0.05) is 12.1 Å². The number of aliphatic imine (C=N–C) groups is 1. The van der Waals surface area contributed by atoms with Crippen LogP contribution < -0.4 is 15.4 Å². The zero-order chi connectivity index (χ0) is 17.4. The Bertz CT molecular complexity index is 675. The van der Waals surface area contributed by atoms with E-state index in [1.54, 1.807) is 18.4 Å². The monoisotopic (exact) mass is 474 g/mol. The fourth-order valence-corrected chi connectivity index (χ4v) is 2.90. The number of guanidine groups is 1. The zero-order valence-electron chi connectivity index (χ0n) is 15.2. The molecular formula is C18H27IN4OS. The number of hydrogen-bond donors (Lipinski definition) is 2. The van der Waals surface area contributed by atoms with Crippen molar-refractivity contribution in [2.45, 2.75) is 33.3 Å². The van der Waals surface area contributed by atoms with Crippen molar-refractivity contribution in [2.24, 2.45) is 4.99 Å². The molecule has 5 nitrogen and oxygen atoms in total. The Morgan fingerprint density at radius 2 is 2.12 bits per heavy atom. The SMILES string of the molecule is CN=C(NCCc1csc(C)n1)NCC(C)Oc1cccc(C)c1.I. The summed E-state index contributed by atoms with van der Waals surface area (Å²) in [5, 5.41) is 9.80. The number of nitrogens with one attached hydrogen (secondary N) is 2. The lowest BCUT2D eigenvalue weighted by atomic mass is 10.2. The predicted octanol–water partition coefficient (Wildman–Crippen LogP) is 3.55. The van der Waals surface area contributed by atoms with Crippen molar-refractivity contribution >= 4 is 41.3 Å². The summed E-state index contributed by atoms with van der Waals surface area (Å²) in [6, 6.07) is 8.09. The molecular weight excluding hydrogens is 447 g/mol. The topological polar surface area (TPSA) is 58.5 Å². The van der Waals surface area contributed by atoms with E-state index >= 15 is 0 Å². The van der Waals surface area contributed by atoms with Crippen LogP contribution in [0.25, 0.3) is 0 Å². The molecule has 0 saturated carbocycles. The first-order chi connectivity index (χ1) is 11.6. The number of nitrogens with zero attached hydrogens (tertiary/aromatic N) is 2. The summed E-state index contributed by atoms with van der Waals surface area (Å²) >= 11 is 1.68. The molecule has 2 N–H and O–H groups in total. The first-order valence-corrected chi connectivity index (χ1v) is 9.03. The van der Waals surface area contributed by atoms with Crippen LogP contribution in [-0.4, -0.2) is 37.2 Å². The van der Waals surface area contributed by atoms with Crippen LogP contribution in [0.4, 0.5) is 0 Å². The zero-order valence-corrected chi connectivity index (χ0v) is 18.4. The highest BCUT2D eigenvalue weighted by Crippen LogP contribution is 2.13. The second-order valence-corrected chi connectivity index (χ2v) is 6.79. The van der Waals surface area contributed by atoms with Gasteiger partial charge in [0.05, 0.1) is 17.2 Å². The lowest BCUT2D eigenvalue weighted by Crippen LogP contribution is -2.42. The Labute approximate surface area is 171 Å². The number of halogens is 1. The number of thiazole rings is 1. The first kappa shape index (κ1) is 21.7. The van der Waals surface area contributed by atoms with E-state index in [9.17, 15) is 0 Å². The van der Waals surface area contributed by atoms with Crippen LogP contribution in [0.2, 0.25) is 0 Å². The Morgan fingerprint density at radius 3 is 2.76 bits per heavy atom. The molecule has 0 amide bonds. The minimum atomic E-state index is 0. The summed E-state index contributed by atoms with van der Waals surface area (Å²) in [6.07, 6.45) is 0.937. The van der Waals surface area contributed by atoms with Crippen LogP contribution in [0.1, 0.15) is 23.2 Å². The number of benzene rings is 1. The molecule has 0 aliphatic carbocycles. The van der Waals surface area contributed by atoms with Crippen molar-refractivity contribution in [3.05, 3.63) is 45.9 Å². The Balaban J connectivity index is 0.00000312. The lowest BCUT2D eigenvalue weighted by molar-refractivity contribution is 0.223. The van der Waals surface area contributed by atoms with E-state index in [0.29, 0.717) is 6.54 Å². The van der Waals surface area contributed by atoms with E-state index in [1.807, 2.05) is 32.0 Å². The highest BCUT2D eigenvalue weighted by Gasteiger charge is 2.06. The average Bonchev–Trinajstić information content (AvgIpc) is 2.96. The predicted molar refractivity (Wildman–Crippen MR) is 117 cm³/mol. The number of aromatic nitrogens is 1. The normalized spacial score (nSPS) is 12.2. The van der Waals surface area contributed by atoms with Crippen LogP contribution in [-0.2, 0) is 6.42 Å². The van der Waals surface area contributed by atoms with Crippen LogP contribution in [0.15, 0.2) is 34.6 Å². The molecule has 0 aliphatic heterocycles. The summed E-state index contributed by atoms with van der Waals surface area (Å²) in [4.78, 5) is 8.70. The molecule has 0 fully saturated rings. The third-order valence-electron chi connectivity index (χ3n) is 3.45. The minimum absolute atomic E-state index is 0. The van der Waals surface area contributed by atoms with Crippen LogP contribution in [0.5, 0.6) is 5.75 Å². The minimum Gasteiger partial charge on any atom is -0.489 e. The molecule has 1 aromatic carbocycles. The molecule has 1 heterocycles. The number of hydrogen-bond acceptors (Lipinski definition) is 4. The quantitative estimate of drug-likeness (QED) is 0.366. The summed E-state index contributed by atoms with van der Waals surface area (Å²) in [7, 11) is 1.77. The van der Waals surface area contributed by atoms with Gasteiger partial charge in [-0.3, -0.25) is 4.99 Å². The molecule has 7 heteroatoms. The molecule has 2 aromatic rings. The maximum atomic E-state index is 5.91. The van der Waals surface area contributed by atoms with Gasteiger partial charge in [0.1, 0.15) is 11.9 Å². The van der Waals surface area contributed by atoms with Gasteiger partial charge in [0.25, 0.3) is 0 Å². The molecule has 1 aromatic heterocycles. The summed E-state index contributed by atoms with van der Waals surface area (Å²) in [5.74, 6) is 1.67. The fourth-order valence-electron chi connectivity index (χ4n) is 2.26. The van der Waals surface area contributed by atoms with Gasteiger partial charge < -0.3 is 15.4 Å². The molecule has 1 atom stereocenters.